The van der Waals surface area contributed by atoms with E-state index in [1.807, 2.05) is 54.3 Å². The third-order valence-electron chi connectivity index (χ3n) is 4.80. The first kappa shape index (κ1) is 17.2. The number of rotatable bonds is 3. The first-order valence-electron chi connectivity index (χ1n) is 9.14. The molecular weight excluding hydrogens is 340 g/mol. The first-order chi connectivity index (χ1) is 13.2. The fourth-order valence-electron chi connectivity index (χ4n) is 3.49. The van der Waals surface area contributed by atoms with E-state index in [2.05, 4.69) is 20.4 Å². The molecule has 2 amide bonds. The number of para-hydroxylation sites is 1. The summed E-state index contributed by atoms with van der Waals surface area (Å²) in [5, 5.41) is 7.53. The molecule has 0 radical (unpaired) electrons. The Labute approximate surface area is 158 Å². The van der Waals surface area contributed by atoms with Gasteiger partial charge in [-0.05, 0) is 38.0 Å². The molecule has 2 aromatic heterocycles. The van der Waals surface area contributed by atoms with Crippen molar-refractivity contribution in [2.75, 3.05) is 18.4 Å². The smallest absolute Gasteiger partial charge is 0.323 e. The maximum Gasteiger partial charge on any atom is 0.323 e. The summed E-state index contributed by atoms with van der Waals surface area (Å²) in [6.45, 7) is 3.31. The summed E-state index contributed by atoms with van der Waals surface area (Å²) in [7, 11) is 0. The summed E-state index contributed by atoms with van der Waals surface area (Å²) in [5.74, 6) is 0.918. The number of piperidine rings is 1. The fraction of sp³-hybridized carbons (Fsp3) is 0.300. The van der Waals surface area contributed by atoms with Gasteiger partial charge in [-0.15, -0.1) is 0 Å². The summed E-state index contributed by atoms with van der Waals surface area (Å²) < 4.78 is 1.76. The van der Waals surface area contributed by atoms with Crippen LogP contribution in [0.1, 0.15) is 30.1 Å². The largest absolute Gasteiger partial charge is 0.324 e. The van der Waals surface area contributed by atoms with Crippen molar-refractivity contribution >= 4 is 11.8 Å². The molecule has 1 aliphatic heterocycles. The van der Waals surface area contributed by atoms with Crippen LogP contribution < -0.4 is 5.32 Å². The number of hydrogen-bond acceptors (Lipinski definition) is 4. The number of nitrogens with zero attached hydrogens (tertiary/aromatic N) is 5. The third-order valence-corrected chi connectivity index (χ3v) is 4.80. The lowest BCUT2D eigenvalue weighted by Gasteiger charge is -2.32. The zero-order chi connectivity index (χ0) is 18.6. The van der Waals surface area contributed by atoms with Crippen molar-refractivity contribution in [1.82, 2.24) is 24.6 Å². The number of amides is 2. The Kier molecular flexibility index (Phi) is 4.82. The molecule has 138 valence electrons. The minimum atomic E-state index is -0.106. The molecule has 1 N–H and O–H groups in total. The number of anilines is 1. The highest BCUT2D eigenvalue weighted by Crippen LogP contribution is 2.26. The second kappa shape index (κ2) is 7.57. The predicted octanol–water partition coefficient (Wildman–Crippen LogP) is 3.38. The van der Waals surface area contributed by atoms with Gasteiger partial charge in [-0.2, -0.15) is 5.10 Å². The lowest BCUT2D eigenvalue weighted by molar-refractivity contribution is 0.192. The van der Waals surface area contributed by atoms with Crippen LogP contribution in [-0.4, -0.2) is 43.8 Å². The quantitative estimate of drug-likeness (QED) is 0.775. The van der Waals surface area contributed by atoms with Gasteiger partial charge in [-0.25, -0.2) is 19.4 Å². The number of likely N-dealkylation sites (tertiary alicyclic amines) is 1. The Hall–Kier alpha value is -3.22. The first-order valence-corrected chi connectivity index (χ1v) is 9.14. The van der Waals surface area contributed by atoms with Crippen LogP contribution in [0.3, 0.4) is 0 Å². The van der Waals surface area contributed by atoms with Gasteiger partial charge in [0.05, 0.1) is 11.4 Å². The standard InChI is InChI=1S/C20H22N6O/c1-15-12-19(26(24-15)17-7-3-2-4-8-17)23-20(27)25-11-5-6-16(13-25)18-9-10-21-14-22-18/h2-4,7-10,12,14,16H,5-6,11,13H2,1H3,(H,23,27)/t16-/m1/s1. The van der Waals surface area contributed by atoms with Crippen molar-refractivity contribution in [2.45, 2.75) is 25.7 Å². The average molecular weight is 362 g/mol. The molecule has 27 heavy (non-hydrogen) atoms. The van der Waals surface area contributed by atoms with Crippen molar-refractivity contribution in [2.24, 2.45) is 0 Å². The van der Waals surface area contributed by atoms with Crippen LogP contribution in [0.2, 0.25) is 0 Å². The Balaban J connectivity index is 1.50. The normalized spacial score (nSPS) is 16.9. The lowest BCUT2D eigenvalue weighted by Crippen LogP contribution is -2.42. The second-order valence-electron chi connectivity index (χ2n) is 6.77. The molecule has 1 aliphatic rings. The van der Waals surface area contributed by atoms with Crippen molar-refractivity contribution < 1.29 is 4.79 Å². The number of aromatic nitrogens is 4. The van der Waals surface area contributed by atoms with E-state index in [1.54, 1.807) is 17.2 Å². The molecule has 1 fully saturated rings. The zero-order valence-electron chi connectivity index (χ0n) is 15.2. The Morgan fingerprint density at radius 2 is 2.07 bits per heavy atom. The molecule has 7 nitrogen and oxygen atoms in total. The third kappa shape index (κ3) is 3.81. The molecule has 1 aromatic carbocycles. The molecule has 0 spiro atoms. The van der Waals surface area contributed by atoms with Crippen molar-refractivity contribution in [1.29, 1.82) is 0 Å². The number of nitrogens with one attached hydrogen (secondary N) is 1. The molecular formula is C20H22N6O. The molecule has 7 heteroatoms. The van der Waals surface area contributed by atoms with Gasteiger partial charge in [0.25, 0.3) is 0 Å². The van der Waals surface area contributed by atoms with Gasteiger partial charge in [0.1, 0.15) is 12.1 Å². The van der Waals surface area contributed by atoms with Crippen molar-refractivity contribution in [3.63, 3.8) is 0 Å². The van der Waals surface area contributed by atoms with Crippen LogP contribution in [0.25, 0.3) is 5.69 Å². The number of urea groups is 1. The summed E-state index contributed by atoms with van der Waals surface area (Å²) in [6.07, 6.45) is 5.30. The van der Waals surface area contributed by atoms with Crippen molar-refractivity contribution in [3.8, 4) is 5.69 Å². The number of hydrogen-bond donors (Lipinski definition) is 1. The molecule has 0 saturated carbocycles. The molecule has 3 aromatic rings. The monoisotopic (exact) mass is 362 g/mol. The van der Waals surface area contributed by atoms with Crippen LogP contribution in [0, 0.1) is 6.92 Å². The highest BCUT2D eigenvalue weighted by molar-refractivity contribution is 5.89. The minimum absolute atomic E-state index is 0.106. The Morgan fingerprint density at radius 1 is 1.22 bits per heavy atom. The molecule has 0 aliphatic carbocycles. The SMILES string of the molecule is Cc1cc(NC(=O)N2CCC[C@@H](c3ccncn3)C2)n(-c2ccccc2)n1. The average Bonchev–Trinajstić information content (AvgIpc) is 3.09. The molecule has 1 saturated heterocycles. The van der Waals surface area contributed by atoms with E-state index in [4.69, 9.17) is 0 Å². The highest BCUT2D eigenvalue weighted by Gasteiger charge is 2.26. The van der Waals surface area contributed by atoms with E-state index in [0.717, 1.165) is 36.5 Å². The molecule has 4 rings (SSSR count). The summed E-state index contributed by atoms with van der Waals surface area (Å²) >= 11 is 0. The van der Waals surface area contributed by atoms with Crippen molar-refractivity contribution in [3.05, 3.63) is 66.4 Å². The van der Waals surface area contributed by atoms with E-state index >= 15 is 0 Å². The number of carbonyl (C=O) groups excluding carboxylic acids is 1. The van der Waals surface area contributed by atoms with E-state index < -0.39 is 0 Å². The molecule has 3 heterocycles. The molecule has 0 bridgehead atoms. The predicted molar refractivity (Wildman–Crippen MR) is 103 cm³/mol. The Bertz CT molecular complexity index is 909. The van der Waals surface area contributed by atoms with E-state index in [-0.39, 0.29) is 11.9 Å². The van der Waals surface area contributed by atoms with E-state index in [1.165, 1.54) is 0 Å². The summed E-state index contributed by atoms with van der Waals surface area (Å²) in [5.41, 5.74) is 2.76. The number of aryl methyl sites for hydroxylation is 1. The molecule has 1 atom stereocenters. The van der Waals surface area contributed by atoms with Gasteiger partial charge in [0.2, 0.25) is 0 Å². The maximum atomic E-state index is 12.9. The number of benzene rings is 1. The minimum Gasteiger partial charge on any atom is -0.324 e. The van der Waals surface area contributed by atoms with Crippen LogP contribution in [0.15, 0.2) is 55.0 Å². The Morgan fingerprint density at radius 3 is 2.85 bits per heavy atom. The highest BCUT2D eigenvalue weighted by atomic mass is 16.2. The van der Waals surface area contributed by atoms with Gasteiger partial charge in [-0.3, -0.25) is 5.32 Å². The van der Waals surface area contributed by atoms with Crippen LogP contribution in [-0.2, 0) is 0 Å². The van der Waals surface area contributed by atoms with Gasteiger partial charge >= 0.3 is 6.03 Å². The summed E-state index contributed by atoms with van der Waals surface area (Å²) in [4.78, 5) is 23.1. The zero-order valence-corrected chi connectivity index (χ0v) is 15.2. The lowest BCUT2D eigenvalue weighted by atomic mass is 9.95. The van der Waals surface area contributed by atoms with Crippen LogP contribution >= 0.6 is 0 Å². The topological polar surface area (TPSA) is 75.9 Å². The fourth-order valence-corrected chi connectivity index (χ4v) is 3.49. The van der Waals surface area contributed by atoms with E-state index in [0.29, 0.717) is 12.4 Å². The van der Waals surface area contributed by atoms with Gasteiger partial charge in [0, 0.05) is 37.0 Å². The van der Waals surface area contributed by atoms with E-state index in [9.17, 15) is 4.79 Å². The van der Waals surface area contributed by atoms with Crippen LogP contribution in [0.5, 0.6) is 0 Å². The maximum absolute atomic E-state index is 12.9. The summed E-state index contributed by atoms with van der Waals surface area (Å²) in [6, 6.07) is 13.5. The second-order valence-corrected chi connectivity index (χ2v) is 6.77. The van der Waals surface area contributed by atoms with Gasteiger partial charge in [0.15, 0.2) is 0 Å². The van der Waals surface area contributed by atoms with Gasteiger partial charge < -0.3 is 4.90 Å². The van der Waals surface area contributed by atoms with Gasteiger partial charge in [-0.1, -0.05) is 18.2 Å². The number of carbonyl (C=O) groups is 1. The molecule has 0 unspecified atom stereocenters. The van der Waals surface area contributed by atoms with Crippen LogP contribution in [0.4, 0.5) is 10.6 Å².